The zero-order valence-corrected chi connectivity index (χ0v) is 23.2. The number of nitrogens with zero attached hydrogens (tertiary/aromatic N) is 4. The van der Waals surface area contributed by atoms with Crippen LogP contribution in [-0.2, 0) is 21.0 Å². The molecule has 5 rings (SSSR count). The first kappa shape index (κ1) is 26.1. The molecule has 2 aliphatic rings. The molecule has 38 heavy (non-hydrogen) atoms. The number of anilines is 1. The summed E-state index contributed by atoms with van der Waals surface area (Å²) in [7, 11) is 0.297. The molecular weight excluding hydrogens is 506 g/mol. The highest BCUT2D eigenvalue weighted by atomic mass is 28.3. The van der Waals surface area contributed by atoms with Gasteiger partial charge >= 0.3 is 12.1 Å². The zero-order chi connectivity index (χ0) is 26.9. The third-order valence-electron chi connectivity index (χ3n) is 6.33. The molecule has 3 heterocycles. The summed E-state index contributed by atoms with van der Waals surface area (Å²) in [6.45, 7) is 7.79. The fourth-order valence-corrected chi connectivity index (χ4v) is 4.63. The first-order valence-corrected chi connectivity index (χ1v) is 16.6. The van der Waals surface area contributed by atoms with Gasteiger partial charge in [-0.1, -0.05) is 19.6 Å². The third-order valence-corrected chi connectivity index (χ3v) is 8.03. The molecule has 0 radical (unpaired) electrons. The molecule has 3 aromatic heterocycles. The normalized spacial score (nSPS) is 15.4. The second-order valence-corrected chi connectivity index (χ2v) is 16.5. The molecular formula is C26H33N5O6Si. The van der Waals surface area contributed by atoms with Gasteiger partial charge in [0.1, 0.15) is 36.2 Å². The van der Waals surface area contributed by atoms with Crippen LogP contribution in [0.2, 0.25) is 25.7 Å². The summed E-state index contributed by atoms with van der Waals surface area (Å²) in [5.41, 5.74) is 1.97. The van der Waals surface area contributed by atoms with Gasteiger partial charge in [-0.15, -0.1) is 0 Å². The number of nitrogens with one attached hydrogen (secondary N) is 1. The molecule has 0 atom stereocenters. The fourth-order valence-electron chi connectivity index (χ4n) is 3.87. The molecule has 0 unspecified atom stereocenters. The Kier molecular flexibility index (Phi) is 7.35. The molecule has 0 aromatic carbocycles. The van der Waals surface area contributed by atoms with Crippen LogP contribution in [0.5, 0.6) is 11.8 Å². The highest BCUT2D eigenvalue weighted by Gasteiger charge is 2.33. The summed E-state index contributed by atoms with van der Waals surface area (Å²) >= 11 is 0. The lowest BCUT2D eigenvalue weighted by Crippen LogP contribution is -2.22. The van der Waals surface area contributed by atoms with Crippen molar-refractivity contribution in [3.8, 4) is 22.9 Å². The molecule has 0 bridgehead atoms. The van der Waals surface area contributed by atoms with Crippen molar-refractivity contribution in [3.63, 3.8) is 0 Å². The van der Waals surface area contributed by atoms with E-state index >= 15 is 0 Å². The standard InChI is InChI=1S/C26H33N5O6Si/c1-34-23-21(24(28-14-27-23)36-17-7-8-17)19-13-31(15-35-11-12-38(2,3)4)22-18(19)9-10-20(29-22)30-26(33)37-25(32)16-5-6-16/h9-10,13-14,16-17H,5-8,11-12,15H2,1-4H3,(H,29,30,33). The van der Waals surface area contributed by atoms with Crippen LogP contribution < -0.4 is 14.8 Å². The summed E-state index contributed by atoms with van der Waals surface area (Å²) in [6, 6.07) is 4.52. The Morgan fingerprint density at radius 1 is 1.11 bits per heavy atom. The Morgan fingerprint density at radius 3 is 2.55 bits per heavy atom. The van der Waals surface area contributed by atoms with Crippen LogP contribution in [0.25, 0.3) is 22.2 Å². The maximum absolute atomic E-state index is 12.3. The van der Waals surface area contributed by atoms with Crippen molar-refractivity contribution < 1.29 is 28.5 Å². The highest BCUT2D eigenvalue weighted by Crippen LogP contribution is 2.42. The maximum Gasteiger partial charge on any atom is 0.420 e. The Labute approximate surface area is 221 Å². The lowest BCUT2D eigenvalue weighted by atomic mass is 10.1. The van der Waals surface area contributed by atoms with E-state index in [4.69, 9.17) is 18.9 Å². The van der Waals surface area contributed by atoms with E-state index in [1.54, 1.807) is 13.2 Å². The first-order chi connectivity index (χ1) is 18.2. The molecule has 3 aromatic rings. The highest BCUT2D eigenvalue weighted by molar-refractivity contribution is 6.76. The molecule has 11 nitrogen and oxygen atoms in total. The number of aromatic nitrogens is 4. The van der Waals surface area contributed by atoms with Crippen LogP contribution in [0.3, 0.4) is 0 Å². The number of rotatable bonds is 11. The molecule has 2 aliphatic carbocycles. The van der Waals surface area contributed by atoms with Gasteiger partial charge in [0, 0.05) is 31.8 Å². The second kappa shape index (κ2) is 10.7. The number of carbonyl (C=O) groups excluding carboxylic acids is 2. The van der Waals surface area contributed by atoms with Crippen molar-refractivity contribution in [2.75, 3.05) is 19.0 Å². The van der Waals surface area contributed by atoms with Crippen LogP contribution >= 0.6 is 0 Å². The predicted octanol–water partition coefficient (Wildman–Crippen LogP) is 4.84. The van der Waals surface area contributed by atoms with Gasteiger partial charge in [-0.05, 0) is 43.9 Å². The third kappa shape index (κ3) is 6.30. The number of hydrogen-bond acceptors (Lipinski definition) is 9. The van der Waals surface area contributed by atoms with E-state index in [9.17, 15) is 9.59 Å². The Balaban J connectivity index is 1.48. The Hall–Kier alpha value is -3.51. The van der Waals surface area contributed by atoms with Crippen LogP contribution in [0.15, 0.2) is 24.7 Å². The fraction of sp³-hybridized carbons (Fsp3) is 0.500. The number of carbonyl (C=O) groups is 2. The SMILES string of the molecule is COc1ncnc(OC2CC2)c1-c1cn(COCC[Si](C)(C)C)c2nc(NC(=O)OC(=O)C3CC3)ccc12. The van der Waals surface area contributed by atoms with Gasteiger partial charge in [0.2, 0.25) is 11.8 Å². The molecule has 0 spiro atoms. The summed E-state index contributed by atoms with van der Waals surface area (Å²) in [5, 5.41) is 3.34. The number of ether oxygens (including phenoxy) is 4. The van der Waals surface area contributed by atoms with E-state index in [0.717, 1.165) is 42.7 Å². The predicted molar refractivity (Wildman–Crippen MR) is 143 cm³/mol. The van der Waals surface area contributed by atoms with E-state index in [1.807, 2.05) is 16.8 Å². The van der Waals surface area contributed by atoms with Gasteiger partial charge in [0.25, 0.3) is 0 Å². The quantitative estimate of drug-likeness (QED) is 0.158. The van der Waals surface area contributed by atoms with Crippen molar-refractivity contribution in [1.29, 1.82) is 0 Å². The van der Waals surface area contributed by atoms with Gasteiger partial charge in [-0.3, -0.25) is 10.1 Å². The average molecular weight is 540 g/mol. The summed E-state index contributed by atoms with van der Waals surface area (Å²) < 4.78 is 24.5. The summed E-state index contributed by atoms with van der Waals surface area (Å²) in [4.78, 5) is 37.5. The zero-order valence-electron chi connectivity index (χ0n) is 22.2. The lowest BCUT2D eigenvalue weighted by Gasteiger charge is -2.15. The summed E-state index contributed by atoms with van der Waals surface area (Å²) in [5.74, 6) is 0.398. The van der Waals surface area contributed by atoms with Crippen molar-refractivity contribution in [1.82, 2.24) is 19.5 Å². The van der Waals surface area contributed by atoms with Crippen LogP contribution in [0.1, 0.15) is 25.7 Å². The lowest BCUT2D eigenvalue weighted by molar-refractivity contribution is -0.138. The molecule has 0 aliphatic heterocycles. The minimum atomic E-state index is -1.26. The number of hydrogen-bond donors (Lipinski definition) is 1. The van der Waals surface area contributed by atoms with Crippen molar-refractivity contribution >= 4 is 37.0 Å². The van der Waals surface area contributed by atoms with Crippen molar-refractivity contribution in [2.24, 2.45) is 5.92 Å². The molecule has 2 saturated carbocycles. The summed E-state index contributed by atoms with van der Waals surface area (Å²) in [6.07, 6.45) is 6.08. The first-order valence-electron chi connectivity index (χ1n) is 12.9. The van der Waals surface area contributed by atoms with Crippen LogP contribution in [0.4, 0.5) is 10.6 Å². The molecule has 12 heteroatoms. The van der Waals surface area contributed by atoms with Gasteiger partial charge in [-0.25, -0.2) is 19.7 Å². The van der Waals surface area contributed by atoms with Crippen LogP contribution in [-0.4, -0.2) is 59.5 Å². The monoisotopic (exact) mass is 539 g/mol. The van der Waals surface area contributed by atoms with E-state index < -0.39 is 20.1 Å². The Morgan fingerprint density at radius 2 is 1.87 bits per heavy atom. The van der Waals surface area contributed by atoms with Gasteiger partial charge in [-0.2, -0.15) is 0 Å². The van der Waals surface area contributed by atoms with Crippen LogP contribution in [0, 0.1) is 5.92 Å². The number of esters is 1. The van der Waals surface area contributed by atoms with E-state index in [-0.39, 0.29) is 24.6 Å². The number of fused-ring (bicyclic) bond motifs is 1. The number of methoxy groups -OCH3 is 1. The average Bonchev–Trinajstić information content (AvgIpc) is 3.79. The minimum absolute atomic E-state index is 0.130. The van der Waals surface area contributed by atoms with E-state index in [2.05, 4.69) is 39.9 Å². The smallest absolute Gasteiger partial charge is 0.420 e. The molecule has 2 fully saturated rings. The molecule has 1 N–H and O–H groups in total. The van der Waals surface area contributed by atoms with Gasteiger partial charge in [0.15, 0.2) is 0 Å². The van der Waals surface area contributed by atoms with Crippen molar-refractivity contribution in [2.45, 2.75) is 64.2 Å². The van der Waals surface area contributed by atoms with E-state index in [0.29, 0.717) is 29.6 Å². The van der Waals surface area contributed by atoms with Crippen molar-refractivity contribution in [3.05, 3.63) is 24.7 Å². The Bertz CT molecular complexity index is 1350. The topological polar surface area (TPSA) is 127 Å². The molecule has 1 amide bonds. The largest absolute Gasteiger partial charge is 0.480 e. The van der Waals surface area contributed by atoms with Gasteiger partial charge < -0.3 is 23.5 Å². The minimum Gasteiger partial charge on any atom is -0.480 e. The molecule has 0 saturated heterocycles. The molecule has 202 valence electrons. The van der Waals surface area contributed by atoms with E-state index in [1.165, 1.54) is 6.33 Å². The van der Waals surface area contributed by atoms with Gasteiger partial charge in [0.05, 0.1) is 13.0 Å². The number of amides is 1. The second-order valence-electron chi connectivity index (χ2n) is 10.9. The number of pyridine rings is 1. The maximum atomic E-state index is 12.3.